The first-order valence-electron chi connectivity index (χ1n) is 5.34. The van der Waals surface area contributed by atoms with Crippen LogP contribution in [0.5, 0.6) is 0 Å². The molecule has 0 spiro atoms. The lowest BCUT2D eigenvalue weighted by Crippen LogP contribution is -2.25. The van der Waals surface area contributed by atoms with Gasteiger partial charge in [-0.3, -0.25) is 0 Å². The van der Waals surface area contributed by atoms with E-state index in [1.54, 1.807) is 0 Å². The molecule has 0 fully saturated rings. The van der Waals surface area contributed by atoms with E-state index in [0.717, 1.165) is 6.54 Å². The highest BCUT2D eigenvalue weighted by molar-refractivity contribution is 5.32. The minimum absolute atomic E-state index is 0.540. The SMILES string of the molecule is C=CCN[C@@H]1CCCc2ccccc21. The minimum Gasteiger partial charge on any atom is -0.306 e. The molecule has 0 bridgehead atoms. The summed E-state index contributed by atoms with van der Waals surface area (Å²) in [6.45, 7) is 4.64. The van der Waals surface area contributed by atoms with E-state index in [0.29, 0.717) is 6.04 Å². The topological polar surface area (TPSA) is 12.0 Å². The monoisotopic (exact) mass is 187 g/mol. The van der Waals surface area contributed by atoms with Crippen molar-refractivity contribution in [3.8, 4) is 0 Å². The smallest absolute Gasteiger partial charge is 0.0325 e. The van der Waals surface area contributed by atoms with Crippen molar-refractivity contribution in [3.63, 3.8) is 0 Å². The van der Waals surface area contributed by atoms with Crippen molar-refractivity contribution < 1.29 is 0 Å². The first-order chi connectivity index (χ1) is 6.92. The maximum absolute atomic E-state index is 3.74. The molecule has 0 aromatic heterocycles. The van der Waals surface area contributed by atoms with E-state index in [1.807, 2.05) is 6.08 Å². The molecule has 2 rings (SSSR count). The van der Waals surface area contributed by atoms with Crippen LogP contribution in [0.15, 0.2) is 36.9 Å². The van der Waals surface area contributed by atoms with Crippen molar-refractivity contribution in [2.45, 2.75) is 25.3 Å². The fourth-order valence-corrected chi connectivity index (χ4v) is 2.19. The Balaban J connectivity index is 2.17. The summed E-state index contributed by atoms with van der Waals surface area (Å²) in [6, 6.07) is 9.30. The fraction of sp³-hybridized carbons (Fsp3) is 0.385. The van der Waals surface area contributed by atoms with Crippen LogP contribution in [0.4, 0.5) is 0 Å². The molecule has 1 aliphatic rings. The van der Waals surface area contributed by atoms with Crippen molar-refractivity contribution in [3.05, 3.63) is 48.0 Å². The number of rotatable bonds is 3. The molecule has 0 amide bonds. The third kappa shape index (κ3) is 1.88. The number of aryl methyl sites for hydroxylation is 1. The molecule has 74 valence electrons. The molecule has 0 saturated carbocycles. The molecule has 0 saturated heterocycles. The van der Waals surface area contributed by atoms with Gasteiger partial charge in [-0.05, 0) is 30.4 Å². The molecule has 14 heavy (non-hydrogen) atoms. The van der Waals surface area contributed by atoms with Crippen LogP contribution in [0, 0.1) is 0 Å². The van der Waals surface area contributed by atoms with Gasteiger partial charge in [0.25, 0.3) is 0 Å². The number of benzene rings is 1. The van der Waals surface area contributed by atoms with Gasteiger partial charge in [0.1, 0.15) is 0 Å². The quantitative estimate of drug-likeness (QED) is 0.717. The van der Waals surface area contributed by atoms with Gasteiger partial charge in [0.2, 0.25) is 0 Å². The average molecular weight is 187 g/mol. The molecule has 1 aliphatic carbocycles. The Morgan fingerprint density at radius 2 is 2.29 bits per heavy atom. The second-order valence-corrected chi connectivity index (χ2v) is 3.84. The lowest BCUT2D eigenvalue weighted by Gasteiger charge is -2.25. The van der Waals surface area contributed by atoms with E-state index >= 15 is 0 Å². The molecule has 1 aromatic rings. The van der Waals surface area contributed by atoms with Crippen molar-refractivity contribution in [1.29, 1.82) is 0 Å². The van der Waals surface area contributed by atoms with Crippen LogP contribution in [0.2, 0.25) is 0 Å². The fourth-order valence-electron chi connectivity index (χ4n) is 2.19. The maximum Gasteiger partial charge on any atom is 0.0325 e. The van der Waals surface area contributed by atoms with E-state index in [9.17, 15) is 0 Å². The highest BCUT2D eigenvalue weighted by Crippen LogP contribution is 2.28. The zero-order chi connectivity index (χ0) is 9.80. The predicted octanol–water partition coefficient (Wildman–Crippen LogP) is 2.84. The number of nitrogens with one attached hydrogen (secondary N) is 1. The molecule has 0 radical (unpaired) electrons. The van der Waals surface area contributed by atoms with Gasteiger partial charge < -0.3 is 5.32 Å². The zero-order valence-electron chi connectivity index (χ0n) is 8.50. The van der Waals surface area contributed by atoms with Gasteiger partial charge in [-0.25, -0.2) is 0 Å². The normalized spacial score (nSPS) is 20.1. The molecule has 1 heteroatoms. The van der Waals surface area contributed by atoms with Gasteiger partial charge in [-0.1, -0.05) is 30.3 Å². The third-order valence-electron chi connectivity index (χ3n) is 2.88. The predicted molar refractivity (Wildman–Crippen MR) is 60.3 cm³/mol. The van der Waals surface area contributed by atoms with E-state index in [-0.39, 0.29) is 0 Å². The van der Waals surface area contributed by atoms with Crippen molar-refractivity contribution in [1.82, 2.24) is 5.32 Å². The molecule has 1 N–H and O–H groups in total. The first-order valence-corrected chi connectivity index (χ1v) is 5.34. The number of hydrogen-bond donors (Lipinski definition) is 1. The van der Waals surface area contributed by atoms with Crippen LogP contribution in [0.1, 0.15) is 30.0 Å². The summed E-state index contributed by atoms with van der Waals surface area (Å²) in [6.07, 6.45) is 5.72. The largest absolute Gasteiger partial charge is 0.306 e. The highest BCUT2D eigenvalue weighted by Gasteiger charge is 2.17. The van der Waals surface area contributed by atoms with Crippen LogP contribution >= 0.6 is 0 Å². The van der Waals surface area contributed by atoms with Crippen LogP contribution in [-0.4, -0.2) is 6.54 Å². The first kappa shape index (κ1) is 9.47. The summed E-state index contributed by atoms with van der Waals surface area (Å²) in [5.74, 6) is 0. The molecule has 1 aromatic carbocycles. The van der Waals surface area contributed by atoms with Gasteiger partial charge >= 0.3 is 0 Å². The van der Waals surface area contributed by atoms with Crippen molar-refractivity contribution in [2.24, 2.45) is 0 Å². The summed E-state index contributed by atoms with van der Waals surface area (Å²) in [4.78, 5) is 0. The molecular weight excluding hydrogens is 170 g/mol. The summed E-state index contributed by atoms with van der Waals surface area (Å²) in [5.41, 5.74) is 3.00. The lowest BCUT2D eigenvalue weighted by atomic mass is 9.88. The van der Waals surface area contributed by atoms with Crippen LogP contribution in [-0.2, 0) is 6.42 Å². The minimum atomic E-state index is 0.540. The van der Waals surface area contributed by atoms with Gasteiger partial charge in [0, 0.05) is 12.6 Å². The van der Waals surface area contributed by atoms with Crippen LogP contribution < -0.4 is 5.32 Å². The van der Waals surface area contributed by atoms with E-state index in [1.165, 1.54) is 30.4 Å². The zero-order valence-corrected chi connectivity index (χ0v) is 8.50. The van der Waals surface area contributed by atoms with Crippen LogP contribution in [0.3, 0.4) is 0 Å². The Labute approximate surface area is 85.8 Å². The van der Waals surface area contributed by atoms with E-state index in [2.05, 4.69) is 36.2 Å². The average Bonchev–Trinajstić information content (AvgIpc) is 2.26. The summed E-state index contributed by atoms with van der Waals surface area (Å²) in [5, 5.41) is 3.51. The Hall–Kier alpha value is -1.08. The molecular formula is C13H17N. The third-order valence-corrected chi connectivity index (χ3v) is 2.88. The second-order valence-electron chi connectivity index (χ2n) is 3.84. The van der Waals surface area contributed by atoms with Crippen LogP contribution in [0.25, 0.3) is 0 Å². The standard InChI is InChI=1S/C13H17N/c1-2-10-14-13-9-5-7-11-6-3-4-8-12(11)13/h2-4,6,8,13-14H,1,5,7,9-10H2/t13-/m1/s1. The number of fused-ring (bicyclic) bond motifs is 1. The van der Waals surface area contributed by atoms with Gasteiger partial charge in [-0.2, -0.15) is 0 Å². The maximum atomic E-state index is 3.74. The van der Waals surface area contributed by atoms with Gasteiger partial charge in [0.15, 0.2) is 0 Å². The Morgan fingerprint density at radius 1 is 1.43 bits per heavy atom. The van der Waals surface area contributed by atoms with E-state index in [4.69, 9.17) is 0 Å². The molecule has 1 nitrogen and oxygen atoms in total. The Morgan fingerprint density at radius 3 is 3.14 bits per heavy atom. The summed E-state index contributed by atoms with van der Waals surface area (Å²) >= 11 is 0. The number of hydrogen-bond acceptors (Lipinski definition) is 1. The molecule has 1 atom stereocenters. The molecule has 0 unspecified atom stereocenters. The van der Waals surface area contributed by atoms with Crippen molar-refractivity contribution >= 4 is 0 Å². The lowest BCUT2D eigenvalue weighted by molar-refractivity contribution is 0.480. The highest BCUT2D eigenvalue weighted by atomic mass is 14.9. The van der Waals surface area contributed by atoms with Crippen molar-refractivity contribution in [2.75, 3.05) is 6.54 Å². The summed E-state index contributed by atoms with van der Waals surface area (Å²) in [7, 11) is 0. The van der Waals surface area contributed by atoms with E-state index < -0.39 is 0 Å². The molecule has 0 heterocycles. The van der Waals surface area contributed by atoms with Gasteiger partial charge in [0.05, 0.1) is 0 Å². The summed E-state index contributed by atoms with van der Waals surface area (Å²) < 4.78 is 0. The Kier molecular flexibility index (Phi) is 3.00. The molecule has 0 aliphatic heterocycles. The van der Waals surface area contributed by atoms with Gasteiger partial charge in [-0.15, -0.1) is 6.58 Å². The Bertz CT molecular complexity index is 317. The second kappa shape index (κ2) is 4.43.